The number of aromatic nitrogens is 1. The van der Waals surface area contributed by atoms with Crippen molar-refractivity contribution < 1.29 is 4.79 Å². The number of carbonyl (C=O) groups excluding carboxylic acids is 1. The predicted octanol–water partition coefficient (Wildman–Crippen LogP) is 3.56. The molecule has 0 radical (unpaired) electrons. The molecule has 1 heterocycles. The summed E-state index contributed by atoms with van der Waals surface area (Å²) in [6.45, 7) is 7.04. The highest BCUT2D eigenvalue weighted by molar-refractivity contribution is 5.89. The molecule has 3 heteroatoms. The van der Waals surface area contributed by atoms with Crippen LogP contribution in [0.4, 0.5) is 5.69 Å². The summed E-state index contributed by atoms with van der Waals surface area (Å²) in [6, 6.07) is 5.66. The van der Waals surface area contributed by atoms with Gasteiger partial charge in [0.2, 0.25) is 0 Å². The number of hydrogen-bond acceptors (Lipinski definition) is 1. The van der Waals surface area contributed by atoms with E-state index in [0.717, 1.165) is 17.3 Å². The van der Waals surface area contributed by atoms with Gasteiger partial charge in [-0.15, -0.1) is 0 Å². The van der Waals surface area contributed by atoms with Crippen LogP contribution in [0.15, 0.2) is 24.4 Å². The van der Waals surface area contributed by atoms with E-state index >= 15 is 0 Å². The smallest absolute Gasteiger partial charge is 0.187 e. The monoisotopic (exact) mass is 224 g/mol. The molecule has 84 valence electrons. The van der Waals surface area contributed by atoms with Crippen LogP contribution in [0, 0.1) is 6.57 Å². The molecular weight excluding hydrogens is 212 g/mol. The number of rotatable bonds is 1. The molecular formula is C14H12N2O. The molecule has 3 nitrogen and oxygen atoms in total. The van der Waals surface area contributed by atoms with E-state index in [1.54, 1.807) is 0 Å². The number of nitrogens with one attached hydrogen (secondary N) is 1. The predicted molar refractivity (Wildman–Crippen MR) is 66.2 cm³/mol. The Balaban J connectivity index is 2.10. The molecule has 0 saturated heterocycles. The van der Waals surface area contributed by atoms with Crippen molar-refractivity contribution in [2.45, 2.75) is 25.2 Å². The van der Waals surface area contributed by atoms with Crippen LogP contribution in [0.5, 0.6) is 0 Å². The first-order valence-electron chi connectivity index (χ1n) is 5.78. The van der Waals surface area contributed by atoms with Crippen molar-refractivity contribution in [3.63, 3.8) is 0 Å². The van der Waals surface area contributed by atoms with Gasteiger partial charge >= 0.3 is 0 Å². The molecule has 1 fully saturated rings. The number of Topliss-reactive ketones (excluding diaryl/α,β-unsaturated/α-hetero) is 1. The van der Waals surface area contributed by atoms with E-state index in [1.807, 2.05) is 24.4 Å². The standard InChI is InChI=1S/C14H12N2O/c1-15-10-3-5-14-12(7-10)13(8-16-14)9-2-4-11(17)6-9/h3,5,7-9,16H,2,4,6H2. The van der Waals surface area contributed by atoms with Crippen LogP contribution in [-0.4, -0.2) is 10.8 Å². The fraction of sp³-hybridized carbons (Fsp3) is 0.286. The van der Waals surface area contributed by atoms with E-state index in [0.29, 0.717) is 30.2 Å². The fourth-order valence-corrected chi connectivity index (χ4v) is 2.62. The Morgan fingerprint density at radius 1 is 1.41 bits per heavy atom. The van der Waals surface area contributed by atoms with Crippen molar-refractivity contribution in [3.05, 3.63) is 41.4 Å². The molecule has 2 aromatic rings. The molecule has 1 unspecified atom stereocenters. The number of hydrogen-bond donors (Lipinski definition) is 1. The quantitative estimate of drug-likeness (QED) is 0.739. The zero-order valence-electron chi connectivity index (χ0n) is 9.36. The van der Waals surface area contributed by atoms with Gasteiger partial charge in [0.15, 0.2) is 5.69 Å². The van der Waals surface area contributed by atoms with Gasteiger partial charge < -0.3 is 4.98 Å². The van der Waals surface area contributed by atoms with Gasteiger partial charge in [0.05, 0.1) is 6.57 Å². The number of aromatic amines is 1. The fourth-order valence-electron chi connectivity index (χ4n) is 2.62. The second-order valence-electron chi connectivity index (χ2n) is 4.56. The molecule has 1 saturated carbocycles. The van der Waals surface area contributed by atoms with Gasteiger partial charge in [-0.1, -0.05) is 6.07 Å². The Labute approximate surface area is 99.3 Å². The Hall–Kier alpha value is -2.08. The summed E-state index contributed by atoms with van der Waals surface area (Å²) in [5, 5.41) is 1.10. The van der Waals surface area contributed by atoms with Crippen LogP contribution in [0.2, 0.25) is 0 Å². The van der Waals surface area contributed by atoms with Gasteiger partial charge in [0.1, 0.15) is 5.78 Å². The van der Waals surface area contributed by atoms with E-state index in [4.69, 9.17) is 6.57 Å². The van der Waals surface area contributed by atoms with Crippen LogP contribution in [-0.2, 0) is 4.79 Å². The zero-order chi connectivity index (χ0) is 11.8. The minimum Gasteiger partial charge on any atom is -0.361 e. The van der Waals surface area contributed by atoms with Crippen molar-refractivity contribution in [1.82, 2.24) is 4.98 Å². The lowest BCUT2D eigenvalue weighted by Gasteiger charge is -2.06. The largest absolute Gasteiger partial charge is 0.361 e. The van der Waals surface area contributed by atoms with Gasteiger partial charge in [0, 0.05) is 24.6 Å². The second kappa shape index (κ2) is 3.74. The Bertz CT molecular complexity index is 633. The summed E-state index contributed by atoms with van der Waals surface area (Å²) in [4.78, 5) is 18.0. The summed E-state index contributed by atoms with van der Waals surface area (Å²) >= 11 is 0. The molecule has 3 rings (SSSR count). The SMILES string of the molecule is [C-]#[N+]c1ccc2[nH]cc(C3CCC(=O)C3)c2c1. The molecule has 1 atom stereocenters. The Morgan fingerprint density at radius 3 is 3.00 bits per heavy atom. The minimum atomic E-state index is 0.331. The third kappa shape index (κ3) is 1.62. The number of benzene rings is 1. The van der Waals surface area contributed by atoms with Crippen molar-refractivity contribution in [3.8, 4) is 0 Å². The van der Waals surface area contributed by atoms with Crippen molar-refractivity contribution in [2.24, 2.45) is 0 Å². The van der Waals surface area contributed by atoms with Crippen LogP contribution in [0.25, 0.3) is 15.7 Å². The molecule has 1 aliphatic carbocycles. The number of nitrogens with zero attached hydrogens (tertiary/aromatic N) is 1. The van der Waals surface area contributed by atoms with Gasteiger partial charge in [0.25, 0.3) is 0 Å². The molecule has 0 spiro atoms. The first-order valence-corrected chi connectivity index (χ1v) is 5.78. The van der Waals surface area contributed by atoms with Crippen molar-refractivity contribution in [2.75, 3.05) is 0 Å². The maximum atomic E-state index is 11.3. The first-order chi connectivity index (χ1) is 8.28. The summed E-state index contributed by atoms with van der Waals surface area (Å²) in [5.74, 6) is 0.683. The lowest BCUT2D eigenvalue weighted by atomic mass is 9.97. The highest BCUT2D eigenvalue weighted by Crippen LogP contribution is 2.37. The maximum Gasteiger partial charge on any atom is 0.187 e. The van der Waals surface area contributed by atoms with E-state index in [9.17, 15) is 4.79 Å². The van der Waals surface area contributed by atoms with Gasteiger partial charge in [-0.05, 0) is 35.4 Å². The van der Waals surface area contributed by atoms with E-state index in [1.165, 1.54) is 5.56 Å². The van der Waals surface area contributed by atoms with Crippen LogP contribution in [0.3, 0.4) is 0 Å². The van der Waals surface area contributed by atoms with E-state index < -0.39 is 0 Å². The molecule has 1 aliphatic rings. The van der Waals surface area contributed by atoms with Gasteiger partial charge in [-0.2, -0.15) is 0 Å². The van der Waals surface area contributed by atoms with Gasteiger partial charge in [-0.3, -0.25) is 4.79 Å². The van der Waals surface area contributed by atoms with Gasteiger partial charge in [-0.25, -0.2) is 4.85 Å². The molecule has 1 N–H and O–H groups in total. The lowest BCUT2D eigenvalue weighted by Crippen LogP contribution is -1.92. The molecule has 1 aromatic heterocycles. The normalized spacial score (nSPS) is 19.7. The highest BCUT2D eigenvalue weighted by Gasteiger charge is 2.25. The third-order valence-electron chi connectivity index (χ3n) is 3.51. The molecule has 1 aromatic carbocycles. The zero-order valence-corrected chi connectivity index (χ0v) is 9.36. The minimum absolute atomic E-state index is 0.331. The summed E-state index contributed by atoms with van der Waals surface area (Å²) < 4.78 is 0. The third-order valence-corrected chi connectivity index (χ3v) is 3.51. The Morgan fingerprint density at radius 2 is 2.29 bits per heavy atom. The average Bonchev–Trinajstić information content (AvgIpc) is 2.93. The second-order valence-corrected chi connectivity index (χ2v) is 4.56. The first kappa shape index (κ1) is 10.1. The van der Waals surface area contributed by atoms with Crippen LogP contribution in [0.1, 0.15) is 30.7 Å². The molecule has 0 aliphatic heterocycles. The lowest BCUT2D eigenvalue weighted by molar-refractivity contribution is -0.117. The summed E-state index contributed by atoms with van der Waals surface area (Å²) in [6.07, 6.45) is 4.27. The number of ketones is 1. The van der Waals surface area contributed by atoms with Crippen molar-refractivity contribution in [1.29, 1.82) is 0 Å². The average molecular weight is 224 g/mol. The Kier molecular flexibility index (Phi) is 2.22. The summed E-state index contributed by atoms with van der Waals surface area (Å²) in [7, 11) is 0. The van der Waals surface area contributed by atoms with E-state index in [-0.39, 0.29) is 0 Å². The number of fused-ring (bicyclic) bond motifs is 1. The topological polar surface area (TPSA) is 37.2 Å². The van der Waals surface area contributed by atoms with Crippen molar-refractivity contribution >= 4 is 22.4 Å². The van der Waals surface area contributed by atoms with E-state index in [2.05, 4.69) is 9.83 Å². The number of carbonyl (C=O) groups is 1. The summed E-state index contributed by atoms with van der Waals surface area (Å²) in [5.41, 5.74) is 2.89. The molecule has 17 heavy (non-hydrogen) atoms. The maximum absolute atomic E-state index is 11.3. The van der Waals surface area contributed by atoms with Crippen LogP contribution < -0.4 is 0 Å². The molecule has 0 bridgehead atoms. The van der Waals surface area contributed by atoms with Crippen LogP contribution >= 0.6 is 0 Å². The number of H-pyrrole nitrogens is 1. The molecule has 0 amide bonds. The highest BCUT2D eigenvalue weighted by atomic mass is 16.1.